The molecular formula is C21H55NO5Si5. The average Bonchev–Trinajstić information content (AvgIpc) is 2.48. The van der Waals surface area contributed by atoms with Crippen LogP contribution in [0.4, 0.5) is 0 Å². The molecule has 0 aromatic rings. The highest BCUT2D eigenvalue weighted by atomic mass is 28.4. The van der Waals surface area contributed by atoms with Crippen molar-refractivity contribution in [3.8, 4) is 0 Å². The van der Waals surface area contributed by atoms with Crippen LogP contribution < -0.4 is 5.73 Å². The first-order chi connectivity index (χ1) is 13.9. The first-order valence-corrected chi connectivity index (χ1v) is 29.0. The van der Waals surface area contributed by atoms with E-state index in [0.29, 0.717) is 13.2 Å². The molecule has 0 amide bonds. The third kappa shape index (κ3) is 17.3. The SMILES string of the molecule is C[Si](C)(C)OC[C@H](N)[C@@H](O[Si](C)(C)C)[C@H](O[Si](C)(C)C)[C@@H](CO[Si](C)(C)C)O[Si](C)(C)C. The van der Waals surface area contributed by atoms with Gasteiger partial charge in [0.1, 0.15) is 0 Å². The Labute approximate surface area is 204 Å². The van der Waals surface area contributed by atoms with E-state index >= 15 is 0 Å². The third-order valence-electron chi connectivity index (χ3n) is 3.99. The van der Waals surface area contributed by atoms with Crippen LogP contribution in [0.2, 0.25) is 98.2 Å². The molecule has 0 aromatic heterocycles. The molecule has 2 N–H and O–H groups in total. The predicted molar refractivity (Wildman–Crippen MR) is 151 cm³/mol. The highest BCUT2D eigenvalue weighted by Gasteiger charge is 2.43. The molecule has 0 aromatic carbocycles. The van der Waals surface area contributed by atoms with Crippen LogP contribution >= 0.6 is 0 Å². The van der Waals surface area contributed by atoms with Crippen molar-refractivity contribution in [3.63, 3.8) is 0 Å². The molecule has 0 saturated heterocycles. The maximum atomic E-state index is 6.82. The van der Waals surface area contributed by atoms with Crippen LogP contribution in [0.15, 0.2) is 0 Å². The van der Waals surface area contributed by atoms with E-state index in [1.54, 1.807) is 0 Å². The Morgan fingerprint density at radius 1 is 0.469 bits per heavy atom. The first kappa shape index (κ1) is 32.8. The number of hydrogen-bond acceptors (Lipinski definition) is 6. The largest absolute Gasteiger partial charge is 0.416 e. The molecule has 11 heteroatoms. The zero-order valence-electron chi connectivity index (χ0n) is 23.8. The van der Waals surface area contributed by atoms with Gasteiger partial charge in [-0.2, -0.15) is 0 Å². The topological polar surface area (TPSA) is 72.2 Å². The molecule has 6 nitrogen and oxygen atoms in total. The van der Waals surface area contributed by atoms with E-state index in [-0.39, 0.29) is 24.4 Å². The van der Waals surface area contributed by atoms with Crippen molar-refractivity contribution in [3.05, 3.63) is 0 Å². The van der Waals surface area contributed by atoms with Crippen LogP contribution in [-0.4, -0.2) is 79.2 Å². The van der Waals surface area contributed by atoms with Crippen molar-refractivity contribution in [1.82, 2.24) is 0 Å². The standard InChI is InChI=1S/C21H55NO5Si5/c1-28(2,3)23-16-18(22)20(26-31(10,11)12)21(27-32(13,14)15)19(25-30(7,8)9)17-24-29(4,5)6/h18-21H,16-17,22H2,1-15H3/t18-,19+,20+,21+/m0/s1. The second-order valence-corrected chi connectivity index (χ2v) is 36.1. The fraction of sp³-hybridized carbons (Fsp3) is 1.00. The van der Waals surface area contributed by atoms with E-state index in [2.05, 4.69) is 98.2 Å². The minimum atomic E-state index is -1.94. The van der Waals surface area contributed by atoms with Gasteiger partial charge in [-0.05, 0) is 98.2 Å². The van der Waals surface area contributed by atoms with Crippen LogP contribution in [0.3, 0.4) is 0 Å². The van der Waals surface area contributed by atoms with Crippen molar-refractivity contribution in [2.75, 3.05) is 13.2 Å². The molecule has 32 heavy (non-hydrogen) atoms. The molecule has 0 rings (SSSR count). The fourth-order valence-electron chi connectivity index (χ4n) is 2.99. The van der Waals surface area contributed by atoms with Crippen molar-refractivity contribution in [2.45, 2.75) is 123 Å². The van der Waals surface area contributed by atoms with Crippen LogP contribution in [0.25, 0.3) is 0 Å². The summed E-state index contributed by atoms with van der Waals surface area (Å²) >= 11 is 0. The normalized spacial score (nSPS) is 18.4. The molecular weight excluding hydrogens is 487 g/mol. The van der Waals surface area contributed by atoms with Crippen LogP contribution in [-0.2, 0) is 22.1 Å². The van der Waals surface area contributed by atoms with Crippen LogP contribution in [0.5, 0.6) is 0 Å². The minimum Gasteiger partial charge on any atom is -0.416 e. The highest BCUT2D eigenvalue weighted by Crippen LogP contribution is 2.26. The average molecular weight is 542 g/mol. The van der Waals surface area contributed by atoms with Gasteiger partial charge in [-0.15, -0.1) is 0 Å². The summed E-state index contributed by atoms with van der Waals surface area (Å²) in [6, 6.07) is -0.297. The van der Waals surface area contributed by atoms with Crippen molar-refractivity contribution in [1.29, 1.82) is 0 Å². The van der Waals surface area contributed by atoms with Gasteiger partial charge in [0.2, 0.25) is 0 Å². The molecule has 0 radical (unpaired) electrons. The van der Waals surface area contributed by atoms with Gasteiger partial charge in [0.15, 0.2) is 41.6 Å². The summed E-state index contributed by atoms with van der Waals surface area (Å²) in [4.78, 5) is 0. The Kier molecular flexibility index (Phi) is 12.5. The van der Waals surface area contributed by atoms with Crippen molar-refractivity contribution in [2.24, 2.45) is 5.73 Å². The zero-order valence-corrected chi connectivity index (χ0v) is 28.8. The first-order valence-electron chi connectivity index (χ1n) is 12.0. The highest BCUT2D eigenvalue weighted by molar-refractivity contribution is 6.71. The van der Waals surface area contributed by atoms with Gasteiger partial charge in [0.25, 0.3) is 0 Å². The van der Waals surface area contributed by atoms with E-state index in [1.165, 1.54) is 0 Å². The lowest BCUT2D eigenvalue weighted by Gasteiger charge is -2.44. The van der Waals surface area contributed by atoms with Crippen molar-refractivity contribution >= 4 is 41.6 Å². The zero-order chi connectivity index (χ0) is 25.8. The second kappa shape index (κ2) is 12.2. The van der Waals surface area contributed by atoms with E-state index in [1.807, 2.05) is 0 Å². The molecule has 0 aliphatic rings. The molecule has 0 bridgehead atoms. The summed E-state index contributed by atoms with van der Waals surface area (Å²) in [5.41, 5.74) is 6.79. The Bertz CT molecular complexity index is 547. The van der Waals surface area contributed by atoms with Crippen molar-refractivity contribution < 1.29 is 22.1 Å². The summed E-state index contributed by atoms with van der Waals surface area (Å²) in [6.07, 6.45) is -0.826. The molecule has 0 fully saturated rings. The lowest BCUT2D eigenvalue weighted by molar-refractivity contribution is -0.0614. The molecule has 0 heterocycles. The van der Waals surface area contributed by atoms with E-state index < -0.39 is 41.6 Å². The van der Waals surface area contributed by atoms with E-state index in [0.717, 1.165) is 0 Å². The third-order valence-corrected chi connectivity index (χ3v) is 9.02. The lowest BCUT2D eigenvalue weighted by Crippen LogP contribution is -2.61. The Balaban J connectivity index is 6.25. The fourth-order valence-corrected chi connectivity index (χ4v) is 7.69. The predicted octanol–water partition coefficient (Wildman–Crippen LogP) is 5.68. The minimum absolute atomic E-state index is 0.223. The Hall–Kier alpha value is 0.844. The summed E-state index contributed by atoms with van der Waals surface area (Å²) in [7, 11) is -9.20. The summed E-state index contributed by atoms with van der Waals surface area (Å²) < 4.78 is 32.8. The summed E-state index contributed by atoms with van der Waals surface area (Å²) in [5.74, 6) is 0. The van der Waals surface area contributed by atoms with Gasteiger partial charge in [0.05, 0.1) is 37.6 Å². The Morgan fingerprint density at radius 2 is 0.812 bits per heavy atom. The molecule has 0 spiro atoms. The van der Waals surface area contributed by atoms with Crippen LogP contribution in [0, 0.1) is 0 Å². The Morgan fingerprint density at radius 3 is 1.16 bits per heavy atom. The monoisotopic (exact) mass is 541 g/mol. The number of hydrogen-bond donors (Lipinski definition) is 1. The molecule has 0 unspecified atom stereocenters. The lowest BCUT2D eigenvalue weighted by atomic mass is 10.0. The summed E-state index contributed by atoms with van der Waals surface area (Å²) in [6.45, 7) is 34.0. The van der Waals surface area contributed by atoms with Crippen LogP contribution in [0.1, 0.15) is 0 Å². The van der Waals surface area contributed by atoms with Gasteiger partial charge in [-0.3, -0.25) is 0 Å². The smallest absolute Gasteiger partial charge is 0.184 e. The van der Waals surface area contributed by atoms with Gasteiger partial charge in [0, 0.05) is 0 Å². The maximum Gasteiger partial charge on any atom is 0.184 e. The van der Waals surface area contributed by atoms with Gasteiger partial charge in [-0.25, -0.2) is 0 Å². The molecule has 194 valence electrons. The quantitative estimate of drug-likeness (QED) is 0.269. The van der Waals surface area contributed by atoms with Gasteiger partial charge < -0.3 is 27.9 Å². The summed E-state index contributed by atoms with van der Waals surface area (Å²) in [5, 5.41) is 0. The van der Waals surface area contributed by atoms with E-state index in [4.69, 9.17) is 27.9 Å². The molecule has 0 aliphatic heterocycles. The number of rotatable bonds is 15. The molecule has 4 atom stereocenters. The second-order valence-electron chi connectivity index (χ2n) is 13.7. The number of nitrogens with two attached hydrogens (primary N) is 1. The van der Waals surface area contributed by atoms with E-state index in [9.17, 15) is 0 Å². The molecule has 0 saturated carbocycles. The van der Waals surface area contributed by atoms with Gasteiger partial charge >= 0.3 is 0 Å². The maximum absolute atomic E-state index is 6.82. The van der Waals surface area contributed by atoms with Gasteiger partial charge in [-0.1, -0.05) is 0 Å². The molecule has 0 aliphatic carbocycles.